The number of nitrogens with zero attached hydrogens (tertiary/aromatic N) is 1. The fourth-order valence-electron chi connectivity index (χ4n) is 6.55. The Morgan fingerprint density at radius 3 is 2.92 bits per heavy atom. The number of carbonyl (C=O) groups is 1. The average Bonchev–Trinajstić information content (AvgIpc) is 3.18. The van der Waals surface area contributed by atoms with E-state index in [0.717, 1.165) is 18.7 Å². The standard InChI is InChI=1S/C20H26N2O4/c1-11(23)20(25)10-22-8-7-19-12-5-3-4-6-14(12)21-17(19)16(18(24)26-2)13(20)9-15(19)22/h3-6,11,13,15-17,21,23,25H,7-10H2,1-2H3. The first-order chi connectivity index (χ1) is 12.4. The Morgan fingerprint density at radius 2 is 2.19 bits per heavy atom. The zero-order chi connectivity index (χ0) is 18.3. The second-order valence-electron chi connectivity index (χ2n) is 8.50. The van der Waals surface area contributed by atoms with E-state index in [-0.39, 0.29) is 29.4 Å². The predicted octanol–water partition coefficient (Wildman–Crippen LogP) is 0.727. The number of hydrogen-bond donors (Lipinski definition) is 3. The number of esters is 1. The fourth-order valence-corrected chi connectivity index (χ4v) is 6.55. The van der Waals surface area contributed by atoms with E-state index in [1.807, 2.05) is 6.07 Å². The van der Waals surface area contributed by atoms with E-state index in [4.69, 9.17) is 4.74 Å². The van der Waals surface area contributed by atoms with Gasteiger partial charge in [-0.2, -0.15) is 0 Å². The molecule has 0 amide bonds. The summed E-state index contributed by atoms with van der Waals surface area (Å²) in [4.78, 5) is 15.2. The zero-order valence-corrected chi connectivity index (χ0v) is 15.2. The van der Waals surface area contributed by atoms with Crippen LogP contribution in [0.4, 0.5) is 5.69 Å². The highest BCUT2D eigenvalue weighted by molar-refractivity contribution is 5.78. The number of aliphatic hydroxyl groups is 2. The van der Waals surface area contributed by atoms with Gasteiger partial charge in [-0.1, -0.05) is 18.2 Å². The number of methoxy groups -OCH3 is 1. The SMILES string of the molecule is COC(=O)C1C2CC3N(CCC34c3ccccc3NC14)CC2(O)C(C)O. The molecule has 4 aliphatic rings. The molecular formula is C20H26N2O4. The number of hydrogen-bond acceptors (Lipinski definition) is 6. The van der Waals surface area contributed by atoms with Crippen molar-refractivity contribution in [3.05, 3.63) is 29.8 Å². The third-order valence-electron chi connectivity index (χ3n) is 7.71. The van der Waals surface area contributed by atoms with Gasteiger partial charge in [0.15, 0.2) is 0 Å². The van der Waals surface area contributed by atoms with Crippen molar-refractivity contribution in [2.24, 2.45) is 11.8 Å². The van der Waals surface area contributed by atoms with Crippen molar-refractivity contribution < 1.29 is 19.7 Å². The summed E-state index contributed by atoms with van der Waals surface area (Å²) in [6.07, 6.45) is 0.744. The van der Waals surface area contributed by atoms with Crippen molar-refractivity contribution in [3.63, 3.8) is 0 Å². The minimum Gasteiger partial charge on any atom is -0.469 e. The van der Waals surface area contributed by atoms with Crippen LogP contribution in [0.2, 0.25) is 0 Å². The van der Waals surface area contributed by atoms with Crippen LogP contribution < -0.4 is 5.32 Å². The second-order valence-corrected chi connectivity index (χ2v) is 8.50. The van der Waals surface area contributed by atoms with Crippen molar-refractivity contribution in [1.29, 1.82) is 0 Å². The molecule has 0 aromatic heterocycles. The van der Waals surface area contributed by atoms with Gasteiger partial charge in [-0.15, -0.1) is 0 Å². The summed E-state index contributed by atoms with van der Waals surface area (Å²) in [7, 11) is 1.41. The van der Waals surface area contributed by atoms with Gasteiger partial charge in [0.25, 0.3) is 0 Å². The number of para-hydroxylation sites is 1. The molecule has 3 heterocycles. The molecule has 26 heavy (non-hydrogen) atoms. The molecule has 1 aromatic carbocycles. The van der Waals surface area contributed by atoms with E-state index in [2.05, 4.69) is 28.4 Å². The van der Waals surface area contributed by atoms with Gasteiger partial charge in [0.05, 0.1) is 25.2 Å². The lowest BCUT2D eigenvalue weighted by atomic mass is 9.53. The van der Waals surface area contributed by atoms with Crippen LogP contribution in [0.1, 0.15) is 25.3 Å². The van der Waals surface area contributed by atoms with Crippen LogP contribution in [0.25, 0.3) is 0 Å². The van der Waals surface area contributed by atoms with Gasteiger partial charge in [-0.3, -0.25) is 9.69 Å². The van der Waals surface area contributed by atoms with E-state index in [1.54, 1.807) is 6.92 Å². The largest absolute Gasteiger partial charge is 0.469 e. The average molecular weight is 358 g/mol. The Hall–Kier alpha value is -1.63. The van der Waals surface area contributed by atoms with Gasteiger partial charge in [0.1, 0.15) is 5.60 Å². The van der Waals surface area contributed by atoms with E-state index >= 15 is 0 Å². The quantitative estimate of drug-likeness (QED) is 0.676. The second kappa shape index (κ2) is 5.21. The summed E-state index contributed by atoms with van der Waals surface area (Å²) in [5.74, 6) is -1.10. The maximum Gasteiger partial charge on any atom is 0.311 e. The molecule has 6 nitrogen and oxygen atoms in total. The summed E-state index contributed by atoms with van der Waals surface area (Å²) in [5.41, 5.74) is 0.933. The van der Waals surface area contributed by atoms with Crippen LogP contribution in [0.15, 0.2) is 24.3 Å². The van der Waals surface area contributed by atoms with Crippen LogP contribution in [-0.2, 0) is 14.9 Å². The van der Waals surface area contributed by atoms with Gasteiger partial charge in [0, 0.05) is 29.6 Å². The third-order valence-corrected chi connectivity index (χ3v) is 7.71. The minimum absolute atomic E-state index is 0.119. The van der Waals surface area contributed by atoms with Gasteiger partial charge in [-0.25, -0.2) is 0 Å². The molecular weight excluding hydrogens is 332 g/mol. The van der Waals surface area contributed by atoms with Crippen molar-refractivity contribution in [2.75, 3.05) is 25.5 Å². The molecule has 1 aliphatic carbocycles. The van der Waals surface area contributed by atoms with Gasteiger partial charge in [-0.05, 0) is 37.9 Å². The van der Waals surface area contributed by atoms with Crippen molar-refractivity contribution in [2.45, 2.75) is 49.0 Å². The maximum atomic E-state index is 12.9. The molecule has 0 radical (unpaired) electrons. The lowest BCUT2D eigenvalue weighted by Crippen LogP contribution is -2.72. The monoisotopic (exact) mass is 358 g/mol. The molecule has 6 heteroatoms. The topological polar surface area (TPSA) is 82.0 Å². The van der Waals surface area contributed by atoms with E-state index < -0.39 is 17.6 Å². The molecule has 3 fully saturated rings. The summed E-state index contributed by atoms with van der Waals surface area (Å²) >= 11 is 0. The first-order valence-corrected chi connectivity index (χ1v) is 9.52. The molecule has 7 unspecified atom stereocenters. The zero-order valence-electron chi connectivity index (χ0n) is 15.2. The number of ether oxygens (including phenoxy) is 1. The first-order valence-electron chi connectivity index (χ1n) is 9.52. The highest BCUT2D eigenvalue weighted by Crippen LogP contribution is 2.62. The first kappa shape index (κ1) is 16.5. The van der Waals surface area contributed by atoms with E-state index in [9.17, 15) is 15.0 Å². The highest BCUT2D eigenvalue weighted by Gasteiger charge is 2.70. The van der Waals surface area contributed by atoms with Gasteiger partial charge in [0.2, 0.25) is 0 Å². The van der Waals surface area contributed by atoms with Crippen LogP contribution in [-0.4, -0.2) is 65.1 Å². The molecule has 2 bridgehead atoms. The fraction of sp³-hybridized carbons (Fsp3) is 0.650. The van der Waals surface area contributed by atoms with Crippen LogP contribution in [0, 0.1) is 11.8 Å². The van der Waals surface area contributed by atoms with E-state index in [1.165, 1.54) is 12.7 Å². The number of benzene rings is 1. The molecule has 1 aromatic rings. The molecule has 7 atom stereocenters. The number of rotatable bonds is 2. The minimum atomic E-state index is -1.30. The van der Waals surface area contributed by atoms with Crippen molar-refractivity contribution in [1.82, 2.24) is 4.90 Å². The Bertz CT molecular complexity index is 768. The van der Waals surface area contributed by atoms with Crippen molar-refractivity contribution >= 4 is 11.7 Å². The van der Waals surface area contributed by atoms with Crippen LogP contribution in [0.3, 0.4) is 0 Å². The third kappa shape index (κ3) is 1.75. The van der Waals surface area contributed by atoms with E-state index in [0.29, 0.717) is 13.0 Å². The molecule has 2 saturated heterocycles. The summed E-state index contributed by atoms with van der Waals surface area (Å²) in [6, 6.07) is 8.48. The highest BCUT2D eigenvalue weighted by atomic mass is 16.5. The number of anilines is 1. The van der Waals surface area contributed by atoms with Crippen LogP contribution >= 0.6 is 0 Å². The molecule has 1 saturated carbocycles. The number of piperidine rings is 1. The summed E-state index contributed by atoms with van der Waals surface area (Å²) in [5, 5.41) is 25.4. The van der Waals surface area contributed by atoms with Gasteiger partial charge < -0.3 is 20.3 Å². The maximum absolute atomic E-state index is 12.9. The number of aliphatic hydroxyl groups excluding tert-OH is 1. The van der Waals surface area contributed by atoms with Crippen LogP contribution in [0.5, 0.6) is 0 Å². The Kier molecular flexibility index (Phi) is 3.31. The lowest BCUT2D eigenvalue weighted by Gasteiger charge is -2.59. The Morgan fingerprint density at radius 1 is 1.42 bits per heavy atom. The molecule has 1 spiro atoms. The Balaban J connectivity index is 1.70. The number of nitrogens with one attached hydrogen (secondary N) is 1. The van der Waals surface area contributed by atoms with Gasteiger partial charge >= 0.3 is 5.97 Å². The summed E-state index contributed by atoms with van der Waals surface area (Å²) < 4.78 is 5.18. The Labute approximate surface area is 153 Å². The number of fused-ring (bicyclic) bond motifs is 2. The normalized spacial score (nSPS) is 44.0. The summed E-state index contributed by atoms with van der Waals surface area (Å²) in [6.45, 7) is 2.90. The predicted molar refractivity (Wildman–Crippen MR) is 95.8 cm³/mol. The molecule has 5 rings (SSSR count). The lowest BCUT2D eigenvalue weighted by molar-refractivity contribution is -0.195. The molecule has 3 N–H and O–H groups in total. The smallest absolute Gasteiger partial charge is 0.311 e. The van der Waals surface area contributed by atoms with Crippen molar-refractivity contribution in [3.8, 4) is 0 Å². The number of carbonyl (C=O) groups excluding carboxylic acids is 1. The molecule has 140 valence electrons. The molecule has 3 aliphatic heterocycles.